The van der Waals surface area contributed by atoms with Gasteiger partial charge in [0.1, 0.15) is 6.61 Å². The SMILES string of the molecule is CC1(C)COC(=N)N1c1nc(-c2ccccc2)cs1. The maximum absolute atomic E-state index is 7.88. The zero-order chi connectivity index (χ0) is 13.5. The molecular weight excluding hydrogens is 258 g/mol. The van der Waals surface area contributed by atoms with E-state index >= 15 is 0 Å². The van der Waals surface area contributed by atoms with Crippen LogP contribution < -0.4 is 4.90 Å². The van der Waals surface area contributed by atoms with Crippen LogP contribution in [0.15, 0.2) is 35.7 Å². The molecule has 5 heteroatoms. The third kappa shape index (κ3) is 2.10. The fraction of sp³-hybridized carbons (Fsp3) is 0.286. The maximum Gasteiger partial charge on any atom is 0.291 e. The molecule has 1 aliphatic heterocycles. The van der Waals surface area contributed by atoms with Crippen molar-refractivity contribution in [1.82, 2.24) is 4.98 Å². The Balaban J connectivity index is 1.96. The van der Waals surface area contributed by atoms with Crippen LogP contribution in [0.2, 0.25) is 0 Å². The number of benzene rings is 1. The Kier molecular flexibility index (Phi) is 2.78. The van der Waals surface area contributed by atoms with Crippen LogP contribution in [0.5, 0.6) is 0 Å². The molecule has 2 heterocycles. The molecule has 98 valence electrons. The average molecular weight is 273 g/mol. The number of nitrogens with zero attached hydrogens (tertiary/aromatic N) is 2. The van der Waals surface area contributed by atoms with Gasteiger partial charge in [-0.1, -0.05) is 30.3 Å². The van der Waals surface area contributed by atoms with Gasteiger partial charge in [0.15, 0.2) is 5.13 Å². The van der Waals surface area contributed by atoms with Gasteiger partial charge in [-0.3, -0.25) is 10.3 Å². The van der Waals surface area contributed by atoms with Crippen molar-refractivity contribution in [3.63, 3.8) is 0 Å². The van der Waals surface area contributed by atoms with Gasteiger partial charge in [-0.05, 0) is 13.8 Å². The van der Waals surface area contributed by atoms with Crippen molar-refractivity contribution in [2.24, 2.45) is 0 Å². The summed E-state index contributed by atoms with van der Waals surface area (Å²) < 4.78 is 5.33. The number of anilines is 1. The summed E-state index contributed by atoms with van der Waals surface area (Å²) in [5, 5.41) is 10.7. The van der Waals surface area contributed by atoms with Crippen LogP contribution in [-0.4, -0.2) is 23.2 Å². The molecule has 19 heavy (non-hydrogen) atoms. The summed E-state index contributed by atoms with van der Waals surface area (Å²) in [7, 11) is 0. The second kappa shape index (κ2) is 4.35. The van der Waals surface area contributed by atoms with E-state index in [9.17, 15) is 0 Å². The minimum atomic E-state index is -0.219. The van der Waals surface area contributed by atoms with Gasteiger partial charge in [0, 0.05) is 10.9 Å². The van der Waals surface area contributed by atoms with Crippen molar-refractivity contribution in [3.8, 4) is 11.3 Å². The zero-order valence-corrected chi connectivity index (χ0v) is 11.7. The predicted molar refractivity (Wildman–Crippen MR) is 77.8 cm³/mol. The summed E-state index contributed by atoms with van der Waals surface area (Å²) >= 11 is 1.54. The Bertz CT molecular complexity index is 606. The molecule has 0 bridgehead atoms. The summed E-state index contributed by atoms with van der Waals surface area (Å²) in [6.07, 6.45) is 0. The van der Waals surface area contributed by atoms with E-state index in [1.54, 1.807) is 11.3 Å². The quantitative estimate of drug-likeness (QED) is 0.912. The van der Waals surface area contributed by atoms with E-state index in [1.165, 1.54) is 0 Å². The van der Waals surface area contributed by atoms with Gasteiger partial charge in [-0.15, -0.1) is 11.3 Å². The molecule has 3 rings (SSSR count). The number of hydrogen-bond donors (Lipinski definition) is 1. The normalized spacial score (nSPS) is 17.6. The minimum Gasteiger partial charge on any atom is -0.463 e. The first kappa shape index (κ1) is 12.2. The first-order chi connectivity index (χ1) is 9.08. The van der Waals surface area contributed by atoms with E-state index in [2.05, 4.69) is 18.8 Å². The summed E-state index contributed by atoms with van der Waals surface area (Å²) in [6.45, 7) is 4.63. The molecule has 0 unspecified atom stereocenters. The third-order valence-corrected chi connectivity index (χ3v) is 3.95. The number of amidine groups is 1. The summed E-state index contributed by atoms with van der Waals surface area (Å²) in [5.74, 6) is 0. The molecule has 1 aromatic carbocycles. The van der Waals surface area contributed by atoms with Crippen molar-refractivity contribution < 1.29 is 4.74 Å². The largest absolute Gasteiger partial charge is 0.463 e. The fourth-order valence-electron chi connectivity index (χ4n) is 2.10. The Morgan fingerprint density at radius 1 is 1.32 bits per heavy atom. The Hall–Kier alpha value is -1.88. The Morgan fingerprint density at radius 2 is 2.05 bits per heavy atom. The first-order valence-electron chi connectivity index (χ1n) is 6.10. The van der Waals surface area contributed by atoms with Gasteiger partial charge >= 0.3 is 0 Å². The van der Waals surface area contributed by atoms with E-state index in [1.807, 2.05) is 40.6 Å². The van der Waals surface area contributed by atoms with E-state index in [-0.39, 0.29) is 11.6 Å². The summed E-state index contributed by atoms with van der Waals surface area (Å²) in [6, 6.07) is 10.2. The van der Waals surface area contributed by atoms with Crippen molar-refractivity contribution in [1.29, 1.82) is 5.41 Å². The monoisotopic (exact) mass is 273 g/mol. The lowest BCUT2D eigenvalue weighted by Gasteiger charge is -2.26. The van der Waals surface area contributed by atoms with Crippen LogP contribution in [-0.2, 0) is 4.74 Å². The van der Waals surface area contributed by atoms with E-state index in [0.29, 0.717) is 6.61 Å². The zero-order valence-electron chi connectivity index (χ0n) is 10.9. The molecule has 1 fully saturated rings. The molecule has 2 aromatic rings. The van der Waals surface area contributed by atoms with Crippen LogP contribution in [0, 0.1) is 5.41 Å². The molecule has 0 aliphatic carbocycles. The Morgan fingerprint density at radius 3 is 2.68 bits per heavy atom. The molecule has 0 atom stereocenters. The lowest BCUT2D eigenvalue weighted by molar-refractivity contribution is 0.290. The van der Waals surface area contributed by atoms with Crippen LogP contribution in [0.4, 0.5) is 5.13 Å². The molecule has 0 amide bonds. The molecule has 1 aliphatic rings. The summed E-state index contributed by atoms with van der Waals surface area (Å²) in [5.41, 5.74) is 1.81. The van der Waals surface area contributed by atoms with E-state index < -0.39 is 0 Å². The number of thiazole rings is 1. The van der Waals surface area contributed by atoms with Gasteiger partial charge in [-0.2, -0.15) is 0 Å². The number of nitrogens with one attached hydrogen (secondary N) is 1. The first-order valence-corrected chi connectivity index (χ1v) is 6.98. The van der Waals surface area contributed by atoms with Crippen molar-refractivity contribution in [2.45, 2.75) is 19.4 Å². The third-order valence-electron chi connectivity index (χ3n) is 3.12. The highest BCUT2D eigenvalue weighted by Gasteiger charge is 2.40. The molecule has 0 saturated carbocycles. The maximum atomic E-state index is 7.88. The van der Waals surface area contributed by atoms with Gasteiger partial charge in [-0.25, -0.2) is 4.98 Å². The molecule has 0 radical (unpaired) electrons. The lowest BCUT2D eigenvalue weighted by Crippen LogP contribution is -2.42. The molecule has 0 spiro atoms. The van der Waals surface area contributed by atoms with Gasteiger partial charge in [0.05, 0.1) is 11.2 Å². The van der Waals surface area contributed by atoms with Crippen LogP contribution in [0.3, 0.4) is 0 Å². The molecule has 4 nitrogen and oxygen atoms in total. The highest BCUT2D eigenvalue weighted by molar-refractivity contribution is 7.14. The molecule has 1 aromatic heterocycles. The highest BCUT2D eigenvalue weighted by Crippen LogP contribution is 2.34. The minimum absolute atomic E-state index is 0.180. The molecule has 1 N–H and O–H groups in total. The molecule has 1 saturated heterocycles. The predicted octanol–water partition coefficient (Wildman–Crippen LogP) is 3.36. The lowest BCUT2D eigenvalue weighted by atomic mass is 10.1. The number of rotatable bonds is 2. The topological polar surface area (TPSA) is 49.2 Å². The van der Waals surface area contributed by atoms with Crippen LogP contribution in [0.1, 0.15) is 13.8 Å². The summed E-state index contributed by atoms with van der Waals surface area (Å²) in [4.78, 5) is 6.48. The van der Waals surface area contributed by atoms with Crippen molar-refractivity contribution >= 4 is 22.5 Å². The Labute approximate surface area is 116 Å². The van der Waals surface area contributed by atoms with Crippen LogP contribution >= 0.6 is 11.3 Å². The average Bonchev–Trinajstić information content (AvgIpc) is 2.96. The van der Waals surface area contributed by atoms with Crippen molar-refractivity contribution in [3.05, 3.63) is 35.7 Å². The number of aromatic nitrogens is 1. The van der Waals surface area contributed by atoms with Crippen LogP contribution in [0.25, 0.3) is 11.3 Å². The van der Waals surface area contributed by atoms with Crippen molar-refractivity contribution in [2.75, 3.05) is 11.5 Å². The molecular formula is C14H15N3OS. The standard InChI is InChI=1S/C14H15N3OS/c1-14(2)9-18-12(15)17(14)13-16-11(8-19-13)10-6-4-3-5-7-10/h3-8,15H,9H2,1-2H3. The smallest absolute Gasteiger partial charge is 0.291 e. The highest BCUT2D eigenvalue weighted by atomic mass is 32.1. The van der Waals surface area contributed by atoms with E-state index in [0.717, 1.165) is 16.4 Å². The second-order valence-corrected chi connectivity index (χ2v) is 5.96. The van der Waals surface area contributed by atoms with E-state index in [4.69, 9.17) is 10.1 Å². The van der Waals surface area contributed by atoms with Gasteiger partial charge in [0.25, 0.3) is 6.02 Å². The number of hydrogen-bond acceptors (Lipinski definition) is 4. The van der Waals surface area contributed by atoms with Gasteiger partial charge in [0.2, 0.25) is 0 Å². The second-order valence-electron chi connectivity index (χ2n) is 5.12. The number of ether oxygens (including phenoxy) is 1. The van der Waals surface area contributed by atoms with Gasteiger partial charge < -0.3 is 4.74 Å². The fourth-order valence-corrected chi connectivity index (χ4v) is 3.10.